The zero-order valence-electron chi connectivity index (χ0n) is 3.42. The Morgan fingerprint density at radius 2 is 2.67 bits per heavy atom. The molecular weight excluding hydrogens is 90.9 g/mol. The van der Waals surface area contributed by atoms with Crippen LogP contribution in [0.25, 0.3) is 0 Å². The van der Waals surface area contributed by atoms with Gasteiger partial charge in [-0.05, 0) is 17.0 Å². The Kier molecular flexibility index (Phi) is 1.25. The predicted molar refractivity (Wildman–Crippen MR) is 30.9 cm³/mol. The van der Waals surface area contributed by atoms with Gasteiger partial charge in [0.2, 0.25) is 0 Å². The Morgan fingerprint density at radius 3 is 2.83 bits per heavy atom. The summed E-state index contributed by atoms with van der Waals surface area (Å²) in [5.41, 5.74) is 0. The highest BCUT2D eigenvalue weighted by atomic mass is 32.2. The van der Waals surface area contributed by atoms with E-state index in [0.29, 0.717) is 5.15 Å². The van der Waals surface area contributed by atoms with Gasteiger partial charge in [-0.3, -0.25) is 0 Å². The first-order valence-electron chi connectivity index (χ1n) is 1.95. The normalized spacial score (nSPS) is 31.7. The van der Waals surface area contributed by atoms with Gasteiger partial charge in [-0.1, -0.05) is 6.08 Å². The largest absolute Gasteiger partial charge is 0.140 e. The fraction of sp³-hybridized carbons (Fsp3) is 0.500. The molecule has 0 N–H and O–H groups in total. The molecule has 0 aromatic rings. The minimum absolute atomic E-state index is 0.352. The fourth-order valence-electron chi connectivity index (χ4n) is 0.402. The van der Waals surface area contributed by atoms with Crippen LogP contribution in [0.4, 0.5) is 0 Å². The molecule has 1 rings (SSSR count). The summed E-state index contributed by atoms with van der Waals surface area (Å²) in [4.78, 5) is 0. The third-order valence-electron chi connectivity index (χ3n) is 0.718. The second kappa shape index (κ2) is 1.74. The average molecular weight is 96.0 g/mol. The van der Waals surface area contributed by atoms with Crippen LogP contribution in [-0.2, 0) is 0 Å². The van der Waals surface area contributed by atoms with Gasteiger partial charge in [0.05, 0.1) is 7.85 Å². The van der Waals surface area contributed by atoms with Crippen LogP contribution in [0.15, 0.2) is 11.5 Å². The van der Waals surface area contributed by atoms with Crippen LogP contribution in [-0.4, -0.2) is 13.0 Å². The van der Waals surface area contributed by atoms with Crippen molar-refractivity contribution in [1.82, 2.24) is 0 Å². The molecule has 0 aliphatic carbocycles. The molecule has 0 aromatic heterocycles. The minimum atomic E-state index is 0.352. The Hall–Kier alpha value is 0.155. The van der Waals surface area contributed by atoms with Crippen molar-refractivity contribution in [3.8, 4) is 0 Å². The second-order valence-electron chi connectivity index (χ2n) is 1.28. The fourth-order valence-corrected chi connectivity index (χ4v) is 1.05. The highest BCUT2D eigenvalue weighted by Gasteiger charge is 2.00. The van der Waals surface area contributed by atoms with E-state index in [0.717, 1.165) is 6.42 Å². The number of hydrogen-bond donors (Lipinski definition) is 0. The first-order chi connectivity index (χ1) is 2.89. The van der Waals surface area contributed by atoms with E-state index in [9.17, 15) is 0 Å². The molecule has 2 radical (unpaired) electrons. The lowest BCUT2D eigenvalue weighted by Gasteiger charge is -1.91. The third kappa shape index (κ3) is 0.808. The first-order valence-corrected chi connectivity index (χ1v) is 2.90. The molecule has 2 heteroatoms. The van der Waals surface area contributed by atoms with Crippen LogP contribution in [0, 0.1) is 0 Å². The zero-order chi connectivity index (χ0) is 4.41. The predicted octanol–water partition coefficient (Wildman–Crippen LogP) is 1.13. The molecular formula is C4H5BS. The number of rotatable bonds is 0. The van der Waals surface area contributed by atoms with Crippen LogP contribution >= 0.6 is 11.8 Å². The molecule has 0 aromatic carbocycles. The molecule has 0 bridgehead atoms. The molecule has 1 atom stereocenters. The van der Waals surface area contributed by atoms with Crippen molar-refractivity contribution < 1.29 is 0 Å². The first kappa shape index (κ1) is 4.32. The van der Waals surface area contributed by atoms with Gasteiger partial charge >= 0.3 is 0 Å². The molecule has 1 aliphatic heterocycles. The smallest absolute Gasteiger partial charge is 0.0855 e. The van der Waals surface area contributed by atoms with Gasteiger partial charge < -0.3 is 0 Å². The van der Waals surface area contributed by atoms with E-state index in [4.69, 9.17) is 7.85 Å². The van der Waals surface area contributed by atoms with Gasteiger partial charge in [-0.25, -0.2) is 0 Å². The van der Waals surface area contributed by atoms with Gasteiger partial charge in [-0.2, -0.15) is 0 Å². The lowest BCUT2D eigenvalue weighted by atomic mass is 10.0. The van der Waals surface area contributed by atoms with E-state index in [-0.39, 0.29) is 0 Å². The summed E-state index contributed by atoms with van der Waals surface area (Å²) in [7, 11) is 5.44. The van der Waals surface area contributed by atoms with E-state index >= 15 is 0 Å². The topological polar surface area (TPSA) is 0 Å². The summed E-state index contributed by atoms with van der Waals surface area (Å²) < 4.78 is 0. The zero-order valence-corrected chi connectivity index (χ0v) is 4.24. The Labute approximate surface area is 43.4 Å². The third-order valence-corrected chi connectivity index (χ3v) is 1.61. The molecule has 0 spiro atoms. The number of hydrogen-bond acceptors (Lipinski definition) is 1. The maximum Gasteiger partial charge on any atom is 0.0855 e. The van der Waals surface area contributed by atoms with Gasteiger partial charge in [0.15, 0.2) is 0 Å². The lowest BCUT2D eigenvalue weighted by molar-refractivity contribution is 1.20. The SMILES string of the molecule is [B]C1CC=CS1. The second-order valence-corrected chi connectivity index (χ2v) is 2.43. The van der Waals surface area contributed by atoms with Crippen LogP contribution < -0.4 is 0 Å². The van der Waals surface area contributed by atoms with Crippen molar-refractivity contribution in [3.63, 3.8) is 0 Å². The van der Waals surface area contributed by atoms with Gasteiger partial charge in [0.1, 0.15) is 0 Å². The van der Waals surface area contributed by atoms with Gasteiger partial charge in [-0.15, -0.1) is 11.8 Å². The van der Waals surface area contributed by atoms with Crippen LogP contribution in [0.3, 0.4) is 0 Å². The molecule has 0 fully saturated rings. The summed E-state index contributed by atoms with van der Waals surface area (Å²) in [6.45, 7) is 0. The average Bonchev–Trinajstić information content (AvgIpc) is 1.86. The summed E-state index contributed by atoms with van der Waals surface area (Å²) in [6.07, 6.45) is 3.14. The molecule has 1 unspecified atom stereocenters. The van der Waals surface area contributed by atoms with Crippen LogP contribution in [0.5, 0.6) is 0 Å². The van der Waals surface area contributed by atoms with Crippen molar-refractivity contribution in [2.75, 3.05) is 0 Å². The molecule has 0 amide bonds. The Balaban J connectivity index is 2.32. The summed E-state index contributed by atoms with van der Waals surface area (Å²) in [5.74, 6) is 0. The van der Waals surface area contributed by atoms with Crippen molar-refractivity contribution in [2.24, 2.45) is 0 Å². The molecule has 0 saturated carbocycles. The van der Waals surface area contributed by atoms with Crippen molar-refractivity contribution in [1.29, 1.82) is 0 Å². The highest BCUT2D eigenvalue weighted by Crippen LogP contribution is 2.19. The number of allylic oxidation sites excluding steroid dienone is 1. The van der Waals surface area contributed by atoms with Gasteiger partial charge in [0, 0.05) is 0 Å². The van der Waals surface area contributed by atoms with E-state index in [1.54, 1.807) is 11.8 Å². The highest BCUT2D eigenvalue weighted by molar-refractivity contribution is 8.04. The summed E-state index contributed by atoms with van der Waals surface area (Å²) in [5, 5.41) is 2.40. The van der Waals surface area contributed by atoms with E-state index in [1.165, 1.54) is 0 Å². The van der Waals surface area contributed by atoms with Crippen LogP contribution in [0.1, 0.15) is 6.42 Å². The number of thioether (sulfide) groups is 1. The quantitative estimate of drug-likeness (QED) is 0.407. The van der Waals surface area contributed by atoms with Gasteiger partial charge in [0.25, 0.3) is 0 Å². The maximum absolute atomic E-state index is 5.44. The van der Waals surface area contributed by atoms with Crippen LogP contribution in [0.2, 0.25) is 0 Å². The minimum Gasteiger partial charge on any atom is -0.140 e. The standard InChI is InChI=1S/C4H5BS/c5-4-2-1-3-6-4/h1,3-4H,2H2. The summed E-state index contributed by atoms with van der Waals surface area (Å²) in [6, 6.07) is 0. The molecule has 30 valence electrons. The van der Waals surface area contributed by atoms with Crippen molar-refractivity contribution in [2.45, 2.75) is 11.6 Å². The van der Waals surface area contributed by atoms with E-state index in [2.05, 4.69) is 6.08 Å². The Bertz CT molecular complexity index is 61.9. The van der Waals surface area contributed by atoms with Crippen molar-refractivity contribution in [3.05, 3.63) is 11.5 Å². The maximum atomic E-state index is 5.44. The molecule has 0 nitrogen and oxygen atoms in total. The monoisotopic (exact) mass is 96.0 g/mol. The molecule has 6 heavy (non-hydrogen) atoms. The molecule has 1 aliphatic rings. The Morgan fingerprint density at radius 1 is 1.83 bits per heavy atom. The summed E-state index contributed by atoms with van der Waals surface area (Å²) >= 11 is 1.69. The lowest BCUT2D eigenvalue weighted by Crippen LogP contribution is -1.91. The van der Waals surface area contributed by atoms with E-state index in [1.807, 2.05) is 5.41 Å². The van der Waals surface area contributed by atoms with Crippen molar-refractivity contribution >= 4 is 19.6 Å². The molecule has 1 heterocycles. The molecule has 0 saturated heterocycles. The van der Waals surface area contributed by atoms with E-state index < -0.39 is 0 Å².